The minimum Gasteiger partial charge on any atom is -0.545 e. The van der Waals surface area contributed by atoms with Crippen LogP contribution in [-0.4, -0.2) is 71.3 Å². The summed E-state index contributed by atoms with van der Waals surface area (Å²) >= 11 is 0. The number of anilines is 1. The van der Waals surface area contributed by atoms with Gasteiger partial charge in [-0.05, 0) is 44.2 Å². The lowest BCUT2D eigenvalue weighted by Crippen LogP contribution is -3.12. The monoisotopic (exact) mass is 559 g/mol. The van der Waals surface area contributed by atoms with Gasteiger partial charge in [-0.3, -0.25) is 5.32 Å². The number of nitrogens with two attached hydrogens (primary N) is 1. The number of benzene rings is 1. The minimum absolute atomic E-state index is 0.192. The Kier molecular flexibility index (Phi) is 18.3. The molecule has 0 unspecified atom stereocenters. The molecule has 1 aromatic heterocycles. The molecule has 0 aliphatic rings. The van der Waals surface area contributed by atoms with Crippen molar-refractivity contribution in [2.75, 3.05) is 31.5 Å². The Morgan fingerprint density at radius 3 is 1.82 bits per heavy atom. The SMILES string of the molecule is CC[NH+](CC)CCNC(=O)Nc1ccc([NH2+]c2ccccc2)nc1.O=C([O-])/C=C/C(=O)O.O=C([O-])/C=C/C(=O)O. The quantitative estimate of drug-likeness (QED) is 0.117. The number of carbonyl (C=O) groups is 5. The van der Waals surface area contributed by atoms with E-state index in [1.54, 1.807) is 6.20 Å². The summed E-state index contributed by atoms with van der Waals surface area (Å²) in [4.78, 5) is 55.6. The van der Waals surface area contributed by atoms with Crippen LogP contribution in [0.3, 0.4) is 0 Å². The van der Waals surface area contributed by atoms with Gasteiger partial charge in [-0.2, -0.15) is 0 Å². The van der Waals surface area contributed by atoms with Crippen LogP contribution in [0.2, 0.25) is 0 Å². The molecular weight excluding hydrogens is 526 g/mol. The van der Waals surface area contributed by atoms with E-state index in [1.165, 1.54) is 4.90 Å². The summed E-state index contributed by atoms with van der Waals surface area (Å²) in [6.45, 7) is 8.04. The molecule has 2 aromatic rings. The molecule has 40 heavy (non-hydrogen) atoms. The van der Waals surface area contributed by atoms with E-state index in [1.807, 2.05) is 47.8 Å². The molecule has 0 atom stereocenters. The van der Waals surface area contributed by atoms with E-state index < -0.39 is 23.9 Å². The average Bonchev–Trinajstić information content (AvgIpc) is 2.91. The van der Waals surface area contributed by atoms with E-state index in [0.29, 0.717) is 36.5 Å². The lowest BCUT2D eigenvalue weighted by Gasteiger charge is -2.15. The number of quaternary nitrogens is 2. The molecule has 2 amide bonds. The number of amides is 2. The Bertz CT molecular complexity index is 1070. The Morgan fingerprint density at radius 2 is 1.43 bits per heavy atom. The van der Waals surface area contributed by atoms with Gasteiger partial charge in [0.15, 0.2) is 0 Å². The molecule has 216 valence electrons. The Hall–Kier alpha value is -5.08. The summed E-state index contributed by atoms with van der Waals surface area (Å²) < 4.78 is 0. The second-order valence-electron chi connectivity index (χ2n) is 7.60. The molecule has 14 heteroatoms. The predicted molar refractivity (Wildman–Crippen MR) is 139 cm³/mol. The third kappa shape index (κ3) is 20.0. The number of nitrogens with one attached hydrogen (secondary N) is 3. The Labute approximate surface area is 230 Å². The molecule has 1 aromatic carbocycles. The van der Waals surface area contributed by atoms with Gasteiger partial charge in [0, 0.05) is 18.2 Å². The maximum Gasteiger partial charge on any atom is 0.328 e. The first-order valence-electron chi connectivity index (χ1n) is 11.9. The zero-order chi connectivity index (χ0) is 30.3. The number of aromatic nitrogens is 1. The summed E-state index contributed by atoms with van der Waals surface area (Å²) in [7, 11) is 0. The molecule has 7 N–H and O–H groups in total. The van der Waals surface area contributed by atoms with Crippen molar-refractivity contribution in [3.05, 3.63) is 73.0 Å². The second-order valence-corrected chi connectivity index (χ2v) is 7.60. The first kappa shape index (κ1) is 34.9. The van der Waals surface area contributed by atoms with Gasteiger partial charge in [0.2, 0.25) is 5.82 Å². The highest BCUT2D eigenvalue weighted by molar-refractivity contribution is 5.89. The number of rotatable bonds is 12. The minimum atomic E-state index is -1.51. The topological polar surface area (TPSA) is 230 Å². The van der Waals surface area contributed by atoms with E-state index in [2.05, 4.69) is 29.5 Å². The standard InChI is InChI=1S/C18H25N5O.2C4H4O4/c1-3-23(4-2)13-12-19-18(24)22-16-10-11-17(20-14-16)21-15-8-6-5-7-9-15;2*5-3(6)1-2-4(7)8/h5-11,14H,3-4,12-13H2,1-2H3,(H,20,21)(H2,19,22,24);2*1-2H,(H,5,6)(H,7,8)/b;2*2-1+. The summed E-state index contributed by atoms with van der Waals surface area (Å²) in [6.07, 6.45) is 3.55. The molecule has 0 aliphatic heterocycles. The number of likely N-dealkylation sites (N-methyl/N-ethyl adjacent to an activating group) is 1. The van der Waals surface area contributed by atoms with Crippen molar-refractivity contribution < 1.29 is 54.6 Å². The van der Waals surface area contributed by atoms with Gasteiger partial charge in [0.25, 0.3) is 0 Å². The predicted octanol–water partition coefficient (Wildman–Crippen LogP) is -2.59. The summed E-state index contributed by atoms with van der Waals surface area (Å²) in [5.74, 6) is -4.75. The number of nitrogens with zero attached hydrogens (tertiary/aromatic N) is 1. The van der Waals surface area contributed by atoms with Crippen molar-refractivity contribution in [1.29, 1.82) is 0 Å². The van der Waals surface area contributed by atoms with Crippen molar-refractivity contribution in [3.8, 4) is 0 Å². The van der Waals surface area contributed by atoms with Crippen molar-refractivity contribution in [3.63, 3.8) is 0 Å². The highest BCUT2D eigenvalue weighted by Crippen LogP contribution is 2.07. The Morgan fingerprint density at radius 1 is 0.875 bits per heavy atom. The van der Waals surface area contributed by atoms with Crippen molar-refractivity contribution in [1.82, 2.24) is 10.3 Å². The molecule has 0 aliphatic carbocycles. The van der Waals surface area contributed by atoms with Crippen LogP contribution < -0.4 is 31.1 Å². The van der Waals surface area contributed by atoms with Crippen LogP contribution in [0.5, 0.6) is 0 Å². The number of carboxylic acids is 4. The van der Waals surface area contributed by atoms with Gasteiger partial charge < -0.3 is 45.5 Å². The van der Waals surface area contributed by atoms with Crippen LogP contribution in [-0.2, 0) is 19.2 Å². The molecule has 0 saturated heterocycles. The molecule has 0 radical (unpaired) electrons. The number of carboxylic acid groups (broad SMARTS) is 4. The number of pyridine rings is 1. The number of aliphatic carboxylic acids is 4. The van der Waals surface area contributed by atoms with Gasteiger partial charge in [-0.25, -0.2) is 19.4 Å². The molecule has 0 spiro atoms. The van der Waals surface area contributed by atoms with Crippen LogP contribution in [0.25, 0.3) is 0 Å². The Balaban J connectivity index is 0.000000780. The van der Waals surface area contributed by atoms with E-state index in [4.69, 9.17) is 10.2 Å². The van der Waals surface area contributed by atoms with Crippen molar-refractivity contribution in [2.45, 2.75) is 13.8 Å². The lowest BCUT2D eigenvalue weighted by atomic mass is 10.3. The maximum atomic E-state index is 11.9. The van der Waals surface area contributed by atoms with E-state index >= 15 is 0 Å². The molecule has 14 nitrogen and oxygen atoms in total. The first-order chi connectivity index (χ1) is 19.0. The summed E-state index contributed by atoms with van der Waals surface area (Å²) in [6, 6.07) is 13.6. The molecule has 0 bridgehead atoms. The fourth-order valence-corrected chi connectivity index (χ4v) is 2.69. The number of para-hydroxylation sites is 1. The second kappa shape index (κ2) is 20.9. The van der Waals surface area contributed by atoms with E-state index in [0.717, 1.165) is 31.1 Å². The average molecular weight is 560 g/mol. The normalized spacial score (nSPS) is 10.2. The van der Waals surface area contributed by atoms with Gasteiger partial charge in [0.05, 0.1) is 50.0 Å². The fourth-order valence-electron chi connectivity index (χ4n) is 2.69. The summed E-state index contributed by atoms with van der Waals surface area (Å²) in [5.41, 5.74) is 1.79. The number of hydrogen-bond donors (Lipinski definition) is 6. The first-order valence-corrected chi connectivity index (χ1v) is 11.9. The third-order valence-electron chi connectivity index (χ3n) is 4.65. The van der Waals surface area contributed by atoms with Crippen LogP contribution in [0, 0.1) is 0 Å². The lowest BCUT2D eigenvalue weighted by molar-refractivity contribution is -0.895. The smallest absolute Gasteiger partial charge is 0.328 e. The third-order valence-corrected chi connectivity index (χ3v) is 4.65. The van der Waals surface area contributed by atoms with Crippen LogP contribution >= 0.6 is 0 Å². The van der Waals surface area contributed by atoms with E-state index in [-0.39, 0.29) is 6.03 Å². The molecule has 0 saturated carbocycles. The zero-order valence-corrected chi connectivity index (χ0v) is 22.0. The number of hydrogen-bond acceptors (Lipinski definition) is 8. The highest BCUT2D eigenvalue weighted by atomic mass is 16.4. The molecule has 2 rings (SSSR count). The van der Waals surface area contributed by atoms with Crippen molar-refractivity contribution >= 4 is 47.1 Å². The zero-order valence-electron chi connectivity index (χ0n) is 22.0. The van der Waals surface area contributed by atoms with Gasteiger partial charge in [-0.1, -0.05) is 18.2 Å². The highest BCUT2D eigenvalue weighted by Gasteiger charge is 2.06. The molecule has 1 heterocycles. The summed E-state index contributed by atoms with van der Waals surface area (Å²) in [5, 5.41) is 42.1. The van der Waals surface area contributed by atoms with Crippen LogP contribution in [0.4, 0.5) is 22.0 Å². The number of urea groups is 1. The van der Waals surface area contributed by atoms with Gasteiger partial charge in [0.1, 0.15) is 5.69 Å². The maximum absolute atomic E-state index is 11.9. The van der Waals surface area contributed by atoms with Crippen LogP contribution in [0.15, 0.2) is 73.0 Å². The largest absolute Gasteiger partial charge is 0.545 e. The van der Waals surface area contributed by atoms with Gasteiger partial charge in [-0.15, -0.1) is 0 Å². The van der Waals surface area contributed by atoms with Crippen molar-refractivity contribution in [2.24, 2.45) is 0 Å². The van der Waals surface area contributed by atoms with E-state index in [9.17, 15) is 34.2 Å². The van der Waals surface area contributed by atoms with Crippen LogP contribution in [0.1, 0.15) is 13.8 Å². The molecular formula is C26H33N5O9. The number of carbonyl (C=O) groups excluding carboxylic acids is 3. The molecule has 0 fully saturated rings. The van der Waals surface area contributed by atoms with Gasteiger partial charge >= 0.3 is 18.0 Å². The fraction of sp³-hybridized carbons (Fsp3) is 0.231.